The van der Waals surface area contributed by atoms with Gasteiger partial charge in [0.2, 0.25) is 5.60 Å². The summed E-state index contributed by atoms with van der Waals surface area (Å²) in [5.41, 5.74) is -1.69. The summed E-state index contributed by atoms with van der Waals surface area (Å²) >= 11 is 2.78. The third kappa shape index (κ3) is 3.48. The van der Waals surface area contributed by atoms with Gasteiger partial charge in [0.25, 0.3) is 0 Å². The highest BCUT2D eigenvalue weighted by molar-refractivity contribution is 7.12. The summed E-state index contributed by atoms with van der Waals surface area (Å²) in [6.45, 7) is 1.11. The van der Waals surface area contributed by atoms with Gasteiger partial charge < -0.3 is 14.3 Å². The van der Waals surface area contributed by atoms with Crippen molar-refractivity contribution in [3.63, 3.8) is 0 Å². The first-order valence-corrected chi connectivity index (χ1v) is 11.4. The molecule has 6 heteroatoms. The normalized spacial score (nSPS) is 27.9. The van der Waals surface area contributed by atoms with Crippen molar-refractivity contribution >= 4 is 28.6 Å². The Morgan fingerprint density at radius 1 is 1.19 bits per heavy atom. The van der Waals surface area contributed by atoms with E-state index in [0.717, 1.165) is 23.9 Å². The standard InChI is InChI=1S/C21H28NO3S2/c1-22(2,3)13-16-14-8-9-15(16)17(12-14)25-20(23)21(24,18-6-4-10-26-18)19-7-5-11-27-19/h4-7,10-11,14-17,24H,8-9,12-13H2,1-3H3/q+1. The van der Waals surface area contributed by atoms with Gasteiger partial charge in [-0.05, 0) is 48.1 Å². The first kappa shape index (κ1) is 19.1. The summed E-state index contributed by atoms with van der Waals surface area (Å²) in [7, 11) is 6.68. The first-order chi connectivity index (χ1) is 12.8. The number of hydrogen-bond donors (Lipinski definition) is 1. The van der Waals surface area contributed by atoms with Gasteiger partial charge in [-0.25, -0.2) is 4.79 Å². The molecule has 2 saturated carbocycles. The molecule has 1 N–H and O–H groups in total. The van der Waals surface area contributed by atoms with Gasteiger partial charge in [0.1, 0.15) is 6.10 Å². The first-order valence-electron chi connectivity index (χ1n) is 9.61. The minimum absolute atomic E-state index is 0.0701. The Balaban J connectivity index is 1.55. The number of ether oxygens (including phenoxy) is 1. The Bertz CT molecular complexity index is 745. The molecule has 0 saturated heterocycles. The van der Waals surface area contributed by atoms with E-state index in [2.05, 4.69) is 21.1 Å². The number of carbonyl (C=O) groups is 1. The Morgan fingerprint density at radius 2 is 1.81 bits per heavy atom. The van der Waals surface area contributed by atoms with Gasteiger partial charge in [-0.3, -0.25) is 0 Å². The number of quaternary nitrogens is 1. The molecule has 4 rings (SSSR count). The predicted octanol–water partition coefficient (Wildman–Crippen LogP) is 3.71. The maximum absolute atomic E-state index is 13.2. The van der Waals surface area contributed by atoms with Crippen LogP contribution in [-0.4, -0.2) is 49.4 Å². The van der Waals surface area contributed by atoms with E-state index in [1.54, 1.807) is 0 Å². The van der Waals surface area contributed by atoms with Crippen LogP contribution in [0.1, 0.15) is 29.0 Å². The largest absolute Gasteiger partial charge is 0.459 e. The number of thiophene rings is 2. The Morgan fingerprint density at radius 3 is 2.33 bits per heavy atom. The molecule has 4 atom stereocenters. The zero-order chi connectivity index (χ0) is 19.2. The van der Waals surface area contributed by atoms with Gasteiger partial charge >= 0.3 is 5.97 Å². The second-order valence-electron chi connectivity index (χ2n) is 8.98. The molecule has 146 valence electrons. The fraction of sp³-hybridized carbons (Fsp3) is 0.571. The van der Waals surface area contributed by atoms with Crippen LogP contribution in [0.3, 0.4) is 0 Å². The highest BCUT2D eigenvalue weighted by Gasteiger charge is 2.53. The molecule has 4 unspecified atom stereocenters. The maximum Gasteiger partial charge on any atom is 0.349 e. The molecule has 0 spiro atoms. The van der Waals surface area contributed by atoms with E-state index in [1.807, 2.05) is 35.0 Å². The summed E-state index contributed by atoms with van der Waals surface area (Å²) < 4.78 is 6.96. The van der Waals surface area contributed by atoms with Crippen LogP contribution in [0.2, 0.25) is 0 Å². The molecule has 2 aromatic rings. The van der Waals surface area contributed by atoms with Crippen LogP contribution < -0.4 is 0 Å². The van der Waals surface area contributed by atoms with Gasteiger partial charge in [0.15, 0.2) is 0 Å². The molecule has 0 aromatic carbocycles. The van der Waals surface area contributed by atoms with Crippen LogP contribution in [0.15, 0.2) is 35.0 Å². The zero-order valence-corrected chi connectivity index (χ0v) is 17.8. The Labute approximate surface area is 169 Å². The average molecular weight is 407 g/mol. The number of rotatable bonds is 6. The average Bonchev–Trinajstić information content (AvgIpc) is 3.38. The number of hydrogen-bond acceptors (Lipinski definition) is 5. The number of fused-ring (bicyclic) bond motifs is 2. The lowest BCUT2D eigenvalue weighted by Crippen LogP contribution is -2.42. The van der Waals surface area contributed by atoms with Gasteiger partial charge in [-0.1, -0.05) is 12.1 Å². The van der Waals surface area contributed by atoms with Crippen LogP contribution in [0.5, 0.6) is 0 Å². The molecule has 0 radical (unpaired) electrons. The Hall–Kier alpha value is -1.21. The fourth-order valence-electron chi connectivity index (χ4n) is 4.98. The van der Waals surface area contributed by atoms with Crippen LogP contribution >= 0.6 is 22.7 Å². The second-order valence-corrected chi connectivity index (χ2v) is 10.9. The molecule has 2 aliphatic carbocycles. The fourth-order valence-corrected chi connectivity index (χ4v) is 6.69. The third-order valence-corrected chi connectivity index (χ3v) is 8.06. The lowest BCUT2D eigenvalue weighted by molar-refractivity contribution is -0.874. The van der Waals surface area contributed by atoms with Crippen LogP contribution in [0, 0.1) is 17.8 Å². The molecule has 2 aromatic heterocycles. The Kier molecular flexibility index (Phi) is 4.95. The number of esters is 1. The van der Waals surface area contributed by atoms with E-state index >= 15 is 0 Å². The van der Waals surface area contributed by atoms with Gasteiger partial charge in [0, 0.05) is 11.8 Å². The lowest BCUT2D eigenvalue weighted by Gasteiger charge is -2.31. The number of aliphatic hydroxyl groups is 1. The summed E-state index contributed by atoms with van der Waals surface area (Å²) in [6.07, 6.45) is 3.23. The second kappa shape index (κ2) is 6.99. The van der Waals surface area contributed by atoms with E-state index < -0.39 is 11.6 Å². The van der Waals surface area contributed by atoms with E-state index in [0.29, 0.717) is 27.5 Å². The molecule has 2 heterocycles. The minimum atomic E-state index is -1.69. The smallest absolute Gasteiger partial charge is 0.349 e. The van der Waals surface area contributed by atoms with Crippen LogP contribution in [0.25, 0.3) is 0 Å². The molecule has 4 nitrogen and oxygen atoms in total. The molecule has 27 heavy (non-hydrogen) atoms. The summed E-state index contributed by atoms with van der Waals surface area (Å²) in [6, 6.07) is 7.35. The van der Waals surface area contributed by atoms with Crippen molar-refractivity contribution < 1.29 is 19.1 Å². The zero-order valence-electron chi connectivity index (χ0n) is 16.1. The van der Waals surface area contributed by atoms with Crippen molar-refractivity contribution in [2.24, 2.45) is 17.8 Å². The van der Waals surface area contributed by atoms with E-state index in [1.165, 1.54) is 29.1 Å². The summed E-state index contributed by atoms with van der Waals surface area (Å²) in [4.78, 5) is 14.5. The van der Waals surface area contributed by atoms with E-state index in [-0.39, 0.29) is 6.10 Å². The quantitative estimate of drug-likeness (QED) is 0.588. The van der Waals surface area contributed by atoms with Crippen LogP contribution in [-0.2, 0) is 15.1 Å². The van der Waals surface area contributed by atoms with Crippen molar-refractivity contribution in [3.8, 4) is 0 Å². The van der Waals surface area contributed by atoms with Crippen molar-refractivity contribution in [1.82, 2.24) is 0 Å². The maximum atomic E-state index is 13.2. The summed E-state index contributed by atoms with van der Waals surface area (Å²) in [5, 5.41) is 15.2. The highest BCUT2D eigenvalue weighted by atomic mass is 32.1. The number of carbonyl (C=O) groups excluding carboxylic acids is 1. The molecular weight excluding hydrogens is 378 g/mol. The molecule has 2 bridgehead atoms. The lowest BCUT2D eigenvalue weighted by atomic mass is 9.95. The van der Waals surface area contributed by atoms with E-state index in [9.17, 15) is 9.90 Å². The molecular formula is C21H28NO3S2+. The molecule has 0 aliphatic heterocycles. The van der Waals surface area contributed by atoms with Gasteiger partial charge in [-0.15, -0.1) is 22.7 Å². The van der Waals surface area contributed by atoms with Crippen molar-refractivity contribution in [2.75, 3.05) is 27.7 Å². The topological polar surface area (TPSA) is 46.5 Å². The van der Waals surface area contributed by atoms with Gasteiger partial charge in [0.05, 0.1) is 37.4 Å². The predicted molar refractivity (Wildman–Crippen MR) is 109 cm³/mol. The SMILES string of the molecule is C[N+](C)(C)CC1C2CCC1C(OC(=O)C(O)(c1cccs1)c1cccs1)C2. The van der Waals surface area contributed by atoms with Crippen molar-refractivity contribution in [1.29, 1.82) is 0 Å². The summed E-state index contributed by atoms with van der Waals surface area (Å²) in [5.74, 6) is 1.15. The molecule has 2 aliphatic rings. The van der Waals surface area contributed by atoms with E-state index in [4.69, 9.17) is 4.74 Å². The number of nitrogens with zero attached hydrogens (tertiary/aromatic N) is 1. The van der Waals surface area contributed by atoms with Crippen molar-refractivity contribution in [2.45, 2.75) is 31.0 Å². The molecule has 2 fully saturated rings. The van der Waals surface area contributed by atoms with Crippen molar-refractivity contribution in [3.05, 3.63) is 44.8 Å². The third-order valence-electron chi connectivity index (χ3n) is 6.11. The highest BCUT2D eigenvalue weighted by Crippen LogP contribution is 2.51. The van der Waals surface area contributed by atoms with Gasteiger partial charge in [-0.2, -0.15) is 0 Å². The monoisotopic (exact) mass is 406 g/mol. The minimum Gasteiger partial charge on any atom is -0.459 e. The van der Waals surface area contributed by atoms with Crippen LogP contribution in [0.4, 0.5) is 0 Å². The molecule has 0 amide bonds.